The van der Waals surface area contributed by atoms with Gasteiger partial charge in [-0.2, -0.15) is 13.2 Å². The molecule has 0 unspecified atom stereocenters. The molecule has 5 nitrogen and oxygen atoms in total. The number of benzene rings is 1. The van der Waals surface area contributed by atoms with Crippen molar-refractivity contribution in [1.82, 2.24) is 5.32 Å². The van der Waals surface area contributed by atoms with E-state index >= 15 is 0 Å². The normalized spacial score (nSPS) is 12.2. The molecule has 9 heteroatoms. The fourth-order valence-corrected chi connectivity index (χ4v) is 1.72. The fourth-order valence-electron chi connectivity index (χ4n) is 1.33. The molecule has 0 atom stereocenters. The van der Waals surface area contributed by atoms with E-state index in [9.17, 15) is 26.4 Å². The summed E-state index contributed by atoms with van der Waals surface area (Å²) < 4.78 is 59.1. The Morgan fingerprint density at radius 2 is 1.84 bits per heavy atom. The SMILES string of the molecule is NS(=O)(=O)CCNC(=O)c1ccccc1C(F)(F)F. The van der Waals surface area contributed by atoms with Crippen molar-refractivity contribution in [2.24, 2.45) is 5.14 Å². The maximum atomic E-state index is 12.6. The van der Waals surface area contributed by atoms with Crippen molar-refractivity contribution in [3.63, 3.8) is 0 Å². The monoisotopic (exact) mass is 296 g/mol. The lowest BCUT2D eigenvalue weighted by atomic mass is 10.1. The number of nitrogens with one attached hydrogen (secondary N) is 1. The van der Waals surface area contributed by atoms with Gasteiger partial charge in [0.2, 0.25) is 10.0 Å². The molecule has 0 fully saturated rings. The molecule has 0 aromatic heterocycles. The van der Waals surface area contributed by atoms with Gasteiger partial charge in [-0.25, -0.2) is 13.6 Å². The third-order valence-electron chi connectivity index (χ3n) is 2.15. The van der Waals surface area contributed by atoms with Gasteiger partial charge in [-0.1, -0.05) is 12.1 Å². The summed E-state index contributed by atoms with van der Waals surface area (Å²) in [5.74, 6) is -1.55. The minimum absolute atomic E-state index is 0.357. The molecule has 1 rings (SSSR count). The first-order valence-electron chi connectivity index (χ1n) is 5.06. The Labute approximate surface area is 107 Å². The highest BCUT2D eigenvalue weighted by molar-refractivity contribution is 7.89. The molecule has 0 bridgehead atoms. The number of sulfonamides is 1. The summed E-state index contributed by atoms with van der Waals surface area (Å²) in [6.45, 7) is -0.357. The number of hydrogen-bond donors (Lipinski definition) is 2. The summed E-state index contributed by atoms with van der Waals surface area (Å²) in [5.41, 5.74) is -1.65. The topological polar surface area (TPSA) is 89.3 Å². The quantitative estimate of drug-likeness (QED) is 0.858. The van der Waals surface area contributed by atoms with E-state index in [2.05, 4.69) is 5.32 Å². The van der Waals surface area contributed by atoms with Crippen LogP contribution in [-0.2, 0) is 16.2 Å². The van der Waals surface area contributed by atoms with E-state index < -0.39 is 39.0 Å². The van der Waals surface area contributed by atoms with E-state index in [1.165, 1.54) is 6.07 Å². The molecule has 0 spiro atoms. The molecule has 3 N–H and O–H groups in total. The molecule has 0 aliphatic rings. The van der Waals surface area contributed by atoms with Crippen molar-refractivity contribution in [3.8, 4) is 0 Å². The van der Waals surface area contributed by atoms with Crippen molar-refractivity contribution in [2.75, 3.05) is 12.3 Å². The number of carbonyl (C=O) groups excluding carboxylic acids is 1. The zero-order valence-corrected chi connectivity index (χ0v) is 10.4. The second-order valence-electron chi connectivity index (χ2n) is 3.67. The van der Waals surface area contributed by atoms with Gasteiger partial charge in [0.1, 0.15) is 0 Å². The van der Waals surface area contributed by atoms with Gasteiger partial charge in [-0.3, -0.25) is 4.79 Å². The van der Waals surface area contributed by atoms with Crippen molar-refractivity contribution in [1.29, 1.82) is 0 Å². The van der Waals surface area contributed by atoms with Gasteiger partial charge < -0.3 is 5.32 Å². The highest BCUT2D eigenvalue weighted by Crippen LogP contribution is 2.31. The first-order chi connectivity index (χ1) is 8.61. The summed E-state index contributed by atoms with van der Waals surface area (Å²) in [4.78, 5) is 11.6. The van der Waals surface area contributed by atoms with Crippen molar-refractivity contribution < 1.29 is 26.4 Å². The van der Waals surface area contributed by atoms with Crippen LogP contribution in [0.3, 0.4) is 0 Å². The van der Waals surface area contributed by atoms with Crippen LogP contribution in [0.4, 0.5) is 13.2 Å². The molecule has 1 amide bonds. The number of amides is 1. The highest BCUT2D eigenvalue weighted by Gasteiger charge is 2.34. The molecule has 0 heterocycles. The van der Waals surface area contributed by atoms with Crippen LogP contribution in [0.25, 0.3) is 0 Å². The highest BCUT2D eigenvalue weighted by atomic mass is 32.2. The average Bonchev–Trinajstić information content (AvgIpc) is 2.26. The fraction of sp³-hybridized carbons (Fsp3) is 0.300. The largest absolute Gasteiger partial charge is 0.417 e. The van der Waals surface area contributed by atoms with Crippen molar-refractivity contribution in [3.05, 3.63) is 35.4 Å². The molecule has 19 heavy (non-hydrogen) atoms. The van der Waals surface area contributed by atoms with Gasteiger partial charge >= 0.3 is 6.18 Å². The van der Waals surface area contributed by atoms with Gasteiger partial charge in [-0.15, -0.1) is 0 Å². The standard InChI is InChI=1S/C10H11F3N2O3S/c11-10(12,13)8-4-2-1-3-7(8)9(16)15-5-6-19(14,17)18/h1-4H,5-6H2,(H,15,16)(H2,14,17,18). The number of nitrogens with two attached hydrogens (primary N) is 1. The molecule has 1 aromatic carbocycles. The molecule has 0 aliphatic carbocycles. The Morgan fingerprint density at radius 3 is 2.37 bits per heavy atom. The molecule has 0 aliphatic heterocycles. The third-order valence-corrected chi connectivity index (χ3v) is 2.92. The van der Waals surface area contributed by atoms with Crippen molar-refractivity contribution >= 4 is 15.9 Å². The smallest absolute Gasteiger partial charge is 0.351 e. The maximum Gasteiger partial charge on any atom is 0.417 e. The van der Waals surface area contributed by atoms with E-state index in [1.54, 1.807) is 0 Å². The maximum absolute atomic E-state index is 12.6. The van der Waals surface area contributed by atoms with Crippen LogP contribution in [0.1, 0.15) is 15.9 Å². The van der Waals surface area contributed by atoms with Crippen LogP contribution in [0.5, 0.6) is 0 Å². The zero-order chi connectivity index (χ0) is 14.7. The molecule has 106 valence electrons. The second kappa shape index (κ2) is 5.57. The molecule has 0 saturated carbocycles. The number of alkyl halides is 3. The molecular formula is C10H11F3N2O3S. The number of hydrogen-bond acceptors (Lipinski definition) is 3. The molecular weight excluding hydrogens is 285 g/mol. The van der Waals surface area contributed by atoms with E-state index in [-0.39, 0.29) is 6.54 Å². The molecule has 0 saturated heterocycles. The zero-order valence-electron chi connectivity index (χ0n) is 9.57. The Kier molecular flexibility index (Phi) is 4.53. The lowest BCUT2D eigenvalue weighted by Gasteiger charge is -2.12. The van der Waals surface area contributed by atoms with Gasteiger partial charge in [0, 0.05) is 6.54 Å². The van der Waals surface area contributed by atoms with Crippen LogP contribution >= 0.6 is 0 Å². The van der Waals surface area contributed by atoms with Gasteiger partial charge in [-0.05, 0) is 12.1 Å². The van der Waals surface area contributed by atoms with Crippen LogP contribution in [0, 0.1) is 0 Å². The number of rotatable bonds is 4. The van der Waals surface area contributed by atoms with Gasteiger partial charge in [0.15, 0.2) is 0 Å². The number of halogens is 3. The van der Waals surface area contributed by atoms with Gasteiger partial charge in [0.05, 0.1) is 16.9 Å². The van der Waals surface area contributed by atoms with Gasteiger partial charge in [0.25, 0.3) is 5.91 Å². The van der Waals surface area contributed by atoms with Crippen LogP contribution in [0.2, 0.25) is 0 Å². The summed E-state index contributed by atoms with van der Waals surface area (Å²) in [5, 5.41) is 6.77. The van der Waals surface area contributed by atoms with E-state index in [0.29, 0.717) is 0 Å². The molecule has 0 radical (unpaired) electrons. The minimum Gasteiger partial charge on any atom is -0.351 e. The predicted octanol–water partition coefficient (Wildman–Crippen LogP) is 0.724. The van der Waals surface area contributed by atoms with E-state index in [1.807, 2.05) is 0 Å². The summed E-state index contributed by atoms with van der Waals surface area (Å²) in [6, 6.07) is 4.22. The van der Waals surface area contributed by atoms with Crippen LogP contribution in [0.15, 0.2) is 24.3 Å². The lowest BCUT2D eigenvalue weighted by Crippen LogP contribution is -2.32. The first-order valence-corrected chi connectivity index (χ1v) is 6.78. The van der Waals surface area contributed by atoms with Crippen molar-refractivity contribution in [2.45, 2.75) is 6.18 Å². The Balaban J connectivity index is 2.84. The van der Waals surface area contributed by atoms with Crippen LogP contribution in [-0.4, -0.2) is 26.6 Å². The van der Waals surface area contributed by atoms with E-state index in [4.69, 9.17) is 5.14 Å². The first kappa shape index (κ1) is 15.4. The third kappa shape index (κ3) is 4.87. The Morgan fingerprint density at radius 1 is 1.26 bits per heavy atom. The summed E-state index contributed by atoms with van der Waals surface area (Å²) in [7, 11) is -3.78. The average molecular weight is 296 g/mol. The van der Waals surface area contributed by atoms with E-state index in [0.717, 1.165) is 18.2 Å². The predicted molar refractivity (Wildman–Crippen MR) is 61.8 cm³/mol. The lowest BCUT2D eigenvalue weighted by molar-refractivity contribution is -0.137. The van der Waals surface area contributed by atoms with Crippen LogP contribution < -0.4 is 10.5 Å². The minimum atomic E-state index is -4.66. The summed E-state index contributed by atoms with van der Waals surface area (Å²) in [6.07, 6.45) is -4.66. The Hall–Kier alpha value is -1.61. The number of primary sulfonamides is 1. The molecule has 1 aromatic rings. The number of carbonyl (C=O) groups is 1. The summed E-state index contributed by atoms with van der Waals surface area (Å²) >= 11 is 0. The second-order valence-corrected chi connectivity index (χ2v) is 5.40. The Bertz CT molecular complexity index is 570.